The number of nitrogens with zero attached hydrogens (tertiary/aromatic N) is 2. The van der Waals surface area contributed by atoms with Gasteiger partial charge >= 0.3 is 0 Å². The van der Waals surface area contributed by atoms with Gasteiger partial charge in [0.15, 0.2) is 4.96 Å². The van der Waals surface area contributed by atoms with Crippen LogP contribution < -0.4 is 5.73 Å². The van der Waals surface area contributed by atoms with Crippen molar-refractivity contribution in [2.24, 2.45) is 11.7 Å². The number of thiazole rings is 1. The Morgan fingerprint density at radius 3 is 2.67 bits per heavy atom. The van der Waals surface area contributed by atoms with Crippen LogP contribution in [0.1, 0.15) is 44.0 Å². The molecule has 2 heterocycles. The van der Waals surface area contributed by atoms with Gasteiger partial charge in [-0.05, 0) is 33.3 Å². The normalized spacial score (nSPS) is 16.8. The third-order valence-corrected chi connectivity index (χ3v) is 6.29. The maximum Gasteiger partial charge on any atom is 0.194 e. The van der Waals surface area contributed by atoms with E-state index in [1.165, 1.54) is 11.3 Å². The first-order chi connectivity index (χ1) is 12.5. The Hall–Kier alpha value is -1.73. The van der Waals surface area contributed by atoms with E-state index in [1.54, 1.807) is 19.9 Å². The summed E-state index contributed by atoms with van der Waals surface area (Å²) in [5.41, 5.74) is 7.72. The third kappa shape index (κ3) is 4.76. The number of hydrogen-bond acceptors (Lipinski definition) is 5. The molecule has 2 unspecified atom stereocenters. The molecule has 0 aliphatic carbocycles. The van der Waals surface area contributed by atoms with Crippen LogP contribution in [0.25, 0.3) is 4.96 Å². The van der Waals surface area contributed by atoms with Crippen LogP contribution in [0.5, 0.6) is 0 Å². The summed E-state index contributed by atoms with van der Waals surface area (Å²) in [6.07, 6.45) is 10.5. The van der Waals surface area contributed by atoms with Gasteiger partial charge in [0.05, 0.1) is 22.8 Å². The minimum absolute atomic E-state index is 0.0220. The van der Waals surface area contributed by atoms with E-state index in [1.807, 2.05) is 39.1 Å². The number of aromatic nitrogens is 2. The van der Waals surface area contributed by atoms with E-state index in [4.69, 9.17) is 5.73 Å². The van der Waals surface area contributed by atoms with E-state index in [9.17, 15) is 10.2 Å². The van der Waals surface area contributed by atoms with E-state index in [-0.39, 0.29) is 12.5 Å². The average molecular weight is 390 g/mol. The molecule has 0 bridgehead atoms. The number of aryl methyl sites for hydroxylation is 1. The van der Waals surface area contributed by atoms with Crippen LogP contribution >= 0.6 is 11.3 Å². The van der Waals surface area contributed by atoms with Crippen molar-refractivity contribution < 1.29 is 10.2 Å². The Morgan fingerprint density at radius 2 is 2.11 bits per heavy atom. The second-order valence-electron chi connectivity index (χ2n) is 7.85. The summed E-state index contributed by atoms with van der Waals surface area (Å²) in [6, 6.07) is 0. The van der Waals surface area contributed by atoms with Crippen LogP contribution in [-0.4, -0.2) is 31.7 Å². The number of fused-ring (bicyclic) bond motifs is 1. The zero-order valence-corrected chi connectivity index (χ0v) is 17.7. The lowest BCUT2D eigenvalue weighted by molar-refractivity contribution is 0.0822. The largest absolute Gasteiger partial charge is 0.394 e. The number of aliphatic hydroxyl groups is 2. The number of hydrogen-bond donors (Lipinski definition) is 3. The van der Waals surface area contributed by atoms with Gasteiger partial charge in [-0.3, -0.25) is 4.40 Å². The van der Waals surface area contributed by atoms with Crippen molar-refractivity contribution in [3.05, 3.63) is 58.9 Å². The lowest BCUT2D eigenvalue weighted by atomic mass is 9.82. The van der Waals surface area contributed by atoms with Crippen molar-refractivity contribution in [1.82, 2.24) is 9.38 Å². The Balaban J connectivity index is 2.28. The molecule has 2 rings (SSSR count). The Kier molecular flexibility index (Phi) is 6.47. The minimum Gasteiger partial charge on any atom is -0.394 e. The first-order valence-electron chi connectivity index (χ1n) is 9.10. The molecular weight excluding hydrogens is 358 g/mol. The topological polar surface area (TPSA) is 83.8 Å². The van der Waals surface area contributed by atoms with Gasteiger partial charge in [-0.1, -0.05) is 49.1 Å². The standard InChI is InChI=1S/C21H31N3O2S/c1-7-9-16(14(2)21(6,22)13-25)10-8-11-17-15(3)23-19-24(17)12-18(27-19)20(4,5)26/h7-10,12,14,25-26H,1,11,13,22H2,2-6H3/b10-8-,16-9+. The maximum atomic E-state index is 10.2. The number of aliphatic hydroxyl groups excluding tert-OH is 1. The molecule has 0 aliphatic rings. The minimum atomic E-state index is -0.877. The van der Waals surface area contributed by atoms with Crippen LogP contribution in [0, 0.1) is 12.8 Å². The Morgan fingerprint density at radius 1 is 1.44 bits per heavy atom. The molecule has 27 heavy (non-hydrogen) atoms. The second-order valence-corrected chi connectivity index (χ2v) is 8.85. The van der Waals surface area contributed by atoms with Crippen molar-refractivity contribution in [3.8, 4) is 0 Å². The summed E-state index contributed by atoms with van der Waals surface area (Å²) < 4.78 is 2.05. The summed E-state index contributed by atoms with van der Waals surface area (Å²) in [6.45, 7) is 13.1. The quantitative estimate of drug-likeness (QED) is 0.604. The van der Waals surface area contributed by atoms with E-state index in [2.05, 4.69) is 22.0 Å². The maximum absolute atomic E-state index is 10.2. The SMILES string of the molecule is C=C/C=C(\C=C/Cc1c(C)nc2sc(C(C)(C)O)cn12)C(C)C(C)(N)CO. The lowest BCUT2D eigenvalue weighted by Crippen LogP contribution is -2.47. The molecule has 0 saturated carbocycles. The summed E-state index contributed by atoms with van der Waals surface area (Å²) in [7, 11) is 0. The summed E-state index contributed by atoms with van der Waals surface area (Å²) in [5.74, 6) is -0.0220. The summed E-state index contributed by atoms with van der Waals surface area (Å²) in [4.78, 5) is 6.40. The van der Waals surface area contributed by atoms with Crippen LogP contribution in [0.2, 0.25) is 0 Å². The van der Waals surface area contributed by atoms with Gasteiger partial charge in [-0.2, -0.15) is 0 Å². The number of allylic oxidation sites excluding steroid dienone is 4. The molecule has 2 aromatic heterocycles. The van der Waals surface area contributed by atoms with Crippen LogP contribution in [0.3, 0.4) is 0 Å². The van der Waals surface area contributed by atoms with Gasteiger partial charge in [-0.15, -0.1) is 0 Å². The summed E-state index contributed by atoms with van der Waals surface area (Å²) in [5, 5.41) is 19.8. The first kappa shape index (κ1) is 21.6. The second kappa shape index (κ2) is 8.10. The van der Waals surface area contributed by atoms with Crippen molar-refractivity contribution >= 4 is 16.3 Å². The van der Waals surface area contributed by atoms with Gasteiger partial charge in [0.1, 0.15) is 0 Å². The molecule has 4 N–H and O–H groups in total. The third-order valence-electron chi connectivity index (χ3n) is 4.99. The van der Waals surface area contributed by atoms with Crippen molar-refractivity contribution in [1.29, 1.82) is 0 Å². The van der Waals surface area contributed by atoms with Gasteiger partial charge in [-0.25, -0.2) is 4.98 Å². The molecule has 0 fully saturated rings. The highest BCUT2D eigenvalue weighted by molar-refractivity contribution is 7.17. The predicted molar refractivity (Wildman–Crippen MR) is 113 cm³/mol. The smallest absolute Gasteiger partial charge is 0.194 e. The van der Waals surface area contributed by atoms with Gasteiger partial charge in [0.25, 0.3) is 0 Å². The highest BCUT2D eigenvalue weighted by atomic mass is 32.1. The molecule has 0 spiro atoms. The van der Waals surface area contributed by atoms with E-state index in [0.717, 1.165) is 26.8 Å². The molecule has 5 nitrogen and oxygen atoms in total. The Labute approximate surface area is 165 Å². The van der Waals surface area contributed by atoms with Crippen molar-refractivity contribution in [2.75, 3.05) is 6.61 Å². The van der Waals surface area contributed by atoms with E-state index < -0.39 is 11.1 Å². The first-order valence-corrected chi connectivity index (χ1v) is 9.92. The molecule has 2 aromatic rings. The highest BCUT2D eigenvalue weighted by Gasteiger charge is 2.27. The van der Waals surface area contributed by atoms with E-state index >= 15 is 0 Å². The fourth-order valence-electron chi connectivity index (χ4n) is 2.83. The zero-order valence-electron chi connectivity index (χ0n) is 16.9. The average Bonchev–Trinajstić information content (AvgIpc) is 3.11. The summed E-state index contributed by atoms with van der Waals surface area (Å²) >= 11 is 1.51. The number of imidazole rings is 1. The number of rotatable bonds is 8. The van der Waals surface area contributed by atoms with Gasteiger partial charge in [0.2, 0.25) is 0 Å². The predicted octanol–water partition coefficient (Wildman–Crippen LogP) is 3.49. The van der Waals surface area contributed by atoms with Gasteiger partial charge in [0, 0.05) is 29.8 Å². The van der Waals surface area contributed by atoms with Crippen molar-refractivity contribution in [2.45, 2.75) is 52.2 Å². The monoisotopic (exact) mass is 389 g/mol. The molecule has 2 atom stereocenters. The molecular formula is C21H31N3O2S. The fraction of sp³-hybridized carbons (Fsp3) is 0.476. The molecule has 0 saturated heterocycles. The lowest BCUT2D eigenvalue weighted by Gasteiger charge is -2.30. The molecule has 0 amide bonds. The molecule has 0 aromatic carbocycles. The van der Waals surface area contributed by atoms with Gasteiger partial charge < -0.3 is 15.9 Å². The van der Waals surface area contributed by atoms with Crippen molar-refractivity contribution in [3.63, 3.8) is 0 Å². The fourth-order valence-corrected chi connectivity index (χ4v) is 3.88. The molecule has 6 heteroatoms. The van der Waals surface area contributed by atoms with Crippen LogP contribution in [0.15, 0.2) is 42.7 Å². The molecule has 0 aliphatic heterocycles. The Bertz CT molecular complexity index is 866. The number of nitrogens with two attached hydrogens (primary N) is 1. The van der Waals surface area contributed by atoms with Crippen LogP contribution in [0.4, 0.5) is 0 Å². The van der Waals surface area contributed by atoms with Crippen LogP contribution in [-0.2, 0) is 12.0 Å². The molecule has 0 radical (unpaired) electrons. The van der Waals surface area contributed by atoms with E-state index in [0.29, 0.717) is 6.42 Å². The molecule has 148 valence electrons. The highest BCUT2D eigenvalue weighted by Crippen LogP contribution is 2.30. The zero-order chi connectivity index (χ0) is 20.4.